The first-order valence-electron chi connectivity index (χ1n) is 5.53. The van der Waals surface area contributed by atoms with Gasteiger partial charge in [0.25, 0.3) is 0 Å². The quantitative estimate of drug-likeness (QED) is 0.824. The highest BCUT2D eigenvalue weighted by Crippen LogP contribution is 2.39. The van der Waals surface area contributed by atoms with Crippen LogP contribution in [0, 0.1) is 11.7 Å². The van der Waals surface area contributed by atoms with Gasteiger partial charge in [0, 0.05) is 0 Å². The number of rotatable bonds is 3. The van der Waals surface area contributed by atoms with E-state index in [0.717, 1.165) is 18.9 Å². The third-order valence-electron chi connectivity index (χ3n) is 3.07. The summed E-state index contributed by atoms with van der Waals surface area (Å²) >= 11 is 0. The summed E-state index contributed by atoms with van der Waals surface area (Å²) in [5, 5.41) is 19.4. The Balaban J connectivity index is 2.22. The predicted octanol–water partition coefficient (Wildman–Crippen LogP) is 2.65. The topological polar surface area (TPSA) is 40.5 Å². The lowest BCUT2D eigenvalue weighted by Crippen LogP contribution is -2.20. The van der Waals surface area contributed by atoms with E-state index in [1.54, 1.807) is 0 Å². The zero-order chi connectivity index (χ0) is 13.5. The molecule has 2 nitrogen and oxygen atoms in total. The molecule has 0 radical (unpaired) electrons. The Morgan fingerprint density at radius 2 is 1.78 bits per heavy atom. The van der Waals surface area contributed by atoms with E-state index in [4.69, 9.17) is 0 Å². The molecule has 0 aliphatic heterocycles. The lowest BCUT2D eigenvalue weighted by molar-refractivity contribution is -0.140. The summed E-state index contributed by atoms with van der Waals surface area (Å²) in [6, 6.07) is 2.19. The molecule has 18 heavy (non-hydrogen) atoms. The second-order valence-electron chi connectivity index (χ2n) is 4.51. The third kappa shape index (κ3) is 2.64. The summed E-state index contributed by atoms with van der Waals surface area (Å²) in [6.45, 7) is 0. The largest absolute Gasteiger partial charge is 0.419 e. The summed E-state index contributed by atoms with van der Waals surface area (Å²) in [5.41, 5.74) is -1.42. The van der Waals surface area contributed by atoms with Crippen LogP contribution in [0.25, 0.3) is 0 Å². The van der Waals surface area contributed by atoms with Gasteiger partial charge in [0.05, 0.1) is 11.7 Å². The number of halogens is 4. The molecule has 100 valence electrons. The van der Waals surface area contributed by atoms with Gasteiger partial charge in [0.15, 0.2) is 0 Å². The van der Waals surface area contributed by atoms with Crippen molar-refractivity contribution in [3.63, 3.8) is 0 Å². The van der Waals surface area contributed by atoms with Gasteiger partial charge in [-0.25, -0.2) is 4.39 Å². The summed E-state index contributed by atoms with van der Waals surface area (Å²) < 4.78 is 50.3. The Bertz CT molecular complexity index is 440. The average Bonchev–Trinajstić information content (AvgIpc) is 3.09. The zero-order valence-electron chi connectivity index (χ0n) is 9.28. The molecule has 1 aliphatic rings. The first-order chi connectivity index (χ1) is 8.30. The molecule has 6 heteroatoms. The number of aliphatic hydroxyl groups is 2. The number of hydrogen-bond acceptors (Lipinski definition) is 2. The van der Waals surface area contributed by atoms with Crippen LogP contribution in [0.15, 0.2) is 18.2 Å². The van der Waals surface area contributed by atoms with Crippen molar-refractivity contribution >= 4 is 0 Å². The second-order valence-corrected chi connectivity index (χ2v) is 4.51. The van der Waals surface area contributed by atoms with Crippen molar-refractivity contribution in [3.8, 4) is 0 Å². The van der Waals surface area contributed by atoms with Crippen LogP contribution in [0.5, 0.6) is 0 Å². The Morgan fingerprint density at radius 3 is 2.22 bits per heavy atom. The summed E-state index contributed by atoms with van der Waals surface area (Å²) in [5.74, 6) is -1.49. The van der Waals surface area contributed by atoms with E-state index in [1.807, 2.05) is 0 Å². The van der Waals surface area contributed by atoms with E-state index in [0.29, 0.717) is 12.1 Å². The lowest BCUT2D eigenvalue weighted by Gasteiger charge is -2.18. The van der Waals surface area contributed by atoms with Crippen molar-refractivity contribution in [2.45, 2.75) is 31.2 Å². The van der Waals surface area contributed by atoms with Gasteiger partial charge in [0.2, 0.25) is 0 Å². The molecular weight excluding hydrogens is 252 g/mol. The first-order valence-corrected chi connectivity index (χ1v) is 5.53. The zero-order valence-corrected chi connectivity index (χ0v) is 9.28. The molecule has 0 spiro atoms. The van der Waals surface area contributed by atoms with Crippen molar-refractivity contribution in [2.24, 2.45) is 5.92 Å². The van der Waals surface area contributed by atoms with E-state index >= 15 is 0 Å². The fourth-order valence-electron chi connectivity index (χ4n) is 1.84. The van der Waals surface area contributed by atoms with Gasteiger partial charge in [-0.15, -0.1) is 0 Å². The van der Waals surface area contributed by atoms with Gasteiger partial charge in [-0.1, -0.05) is 6.07 Å². The van der Waals surface area contributed by atoms with E-state index < -0.39 is 29.8 Å². The van der Waals surface area contributed by atoms with Crippen LogP contribution >= 0.6 is 0 Å². The molecule has 1 saturated carbocycles. The van der Waals surface area contributed by atoms with E-state index in [-0.39, 0.29) is 11.5 Å². The average molecular weight is 264 g/mol. The molecule has 0 saturated heterocycles. The molecule has 0 amide bonds. The number of hydrogen-bond donors (Lipinski definition) is 2. The standard InChI is InChI=1S/C12H12F4O2/c13-9-5-7(3-4-8(9)12(14,15)16)11(18)10(17)6-1-2-6/h3-6,10-11,17-18H,1-2H2. The molecule has 1 aromatic carbocycles. The Hall–Kier alpha value is -1.14. The molecule has 0 aromatic heterocycles. The highest BCUT2D eigenvalue weighted by atomic mass is 19.4. The highest BCUT2D eigenvalue weighted by Gasteiger charge is 2.37. The van der Waals surface area contributed by atoms with Gasteiger partial charge < -0.3 is 10.2 Å². The van der Waals surface area contributed by atoms with Crippen LogP contribution in [0.1, 0.15) is 30.1 Å². The van der Waals surface area contributed by atoms with Crippen LogP contribution in [-0.4, -0.2) is 16.3 Å². The van der Waals surface area contributed by atoms with Crippen LogP contribution < -0.4 is 0 Å². The van der Waals surface area contributed by atoms with Crippen molar-refractivity contribution in [1.29, 1.82) is 0 Å². The maximum Gasteiger partial charge on any atom is 0.419 e. The Morgan fingerprint density at radius 1 is 1.17 bits per heavy atom. The molecule has 0 heterocycles. The molecule has 0 bridgehead atoms. The Labute approximate surface area is 101 Å². The highest BCUT2D eigenvalue weighted by molar-refractivity contribution is 5.28. The van der Waals surface area contributed by atoms with E-state index in [9.17, 15) is 27.8 Å². The fourth-order valence-corrected chi connectivity index (χ4v) is 1.84. The number of benzene rings is 1. The number of alkyl halides is 3. The minimum absolute atomic E-state index is 0.0418. The summed E-state index contributed by atoms with van der Waals surface area (Å²) in [6.07, 6.45) is -5.64. The van der Waals surface area contributed by atoms with Crippen molar-refractivity contribution in [2.75, 3.05) is 0 Å². The smallest absolute Gasteiger partial charge is 0.390 e. The molecule has 2 atom stereocenters. The normalized spacial score (nSPS) is 19.7. The molecule has 2 unspecified atom stereocenters. The second kappa shape index (κ2) is 4.51. The Kier molecular flexibility index (Phi) is 3.33. The molecule has 1 aliphatic carbocycles. The minimum atomic E-state index is -4.76. The van der Waals surface area contributed by atoms with Crippen LogP contribution in [0.3, 0.4) is 0 Å². The SMILES string of the molecule is OC(c1ccc(C(F)(F)F)c(F)c1)C(O)C1CC1. The first kappa shape index (κ1) is 13.3. The third-order valence-corrected chi connectivity index (χ3v) is 3.07. The van der Waals surface area contributed by atoms with Crippen LogP contribution in [0.2, 0.25) is 0 Å². The number of aliphatic hydroxyl groups excluding tert-OH is 2. The maximum absolute atomic E-state index is 13.3. The summed E-state index contributed by atoms with van der Waals surface area (Å²) in [4.78, 5) is 0. The van der Waals surface area contributed by atoms with Gasteiger partial charge in [-0.3, -0.25) is 0 Å². The van der Waals surface area contributed by atoms with E-state index in [1.165, 1.54) is 0 Å². The van der Waals surface area contributed by atoms with Gasteiger partial charge >= 0.3 is 6.18 Å². The molecule has 1 aromatic rings. The van der Waals surface area contributed by atoms with Crippen LogP contribution in [0.4, 0.5) is 17.6 Å². The van der Waals surface area contributed by atoms with Crippen molar-refractivity contribution in [1.82, 2.24) is 0 Å². The van der Waals surface area contributed by atoms with E-state index in [2.05, 4.69) is 0 Å². The van der Waals surface area contributed by atoms with Crippen molar-refractivity contribution in [3.05, 3.63) is 35.1 Å². The lowest BCUT2D eigenvalue weighted by atomic mass is 9.99. The molecule has 2 rings (SSSR count). The van der Waals surface area contributed by atoms with Gasteiger partial charge in [-0.05, 0) is 36.5 Å². The maximum atomic E-state index is 13.3. The van der Waals surface area contributed by atoms with Gasteiger partial charge in [0.1, 0.15) is 11.9 Å². The minimum Gasteiger partial charge on any atom is -0.390 e. The molecule has 1 fully saturated rings. The predicted molar refractivity (Wildman–Crippen MR) is 55.1 cm³/mol. The van der Waals surface area contributed by atoms with Crippen LogP contribution in [-0.2, 0) is 6.18 Å². The summed E-state index contributed by atoms with van der Waals surface area (Å²) in [7, 11) is 0. The fraction of sp³-hybridized carbons (Fsp3) is 0.500. The van der Waals surface area contributed by atoms with Gasteiger partial charge in [-0.2, -0.15) is 13.2 Å². The molecular formula is C12H12F4O2. The van der Waals surface area contributed by atoms with Crippen molar-refractivity contribution < 1.29 is 27.8 Å². The molecule has 2 N–H and O–H groups in total. The monoisotopic (exact) mass is 264 g/mol.